The molecular weight excluding hydrogens is 354 g/mol. The third kappa shape index (κ3) is 3.78. The summed E-state index contributed by atoms with van der Waals surface area (Å²) in [6, 6.07) is 21.7. The lowest BCUT2D eigenvalue weighted by atomic mass is 10.1. The molecule has 0 fully saturated rings. The topological polar surface area (TPSA) is 54.9 Å². The lowest BCUT2D eigenvalue weighted by Crippen LogP contribution is -2.11. The van der Waals surface area contributed by atoms with E-state index in [1.165, 1.54) is 16.9 Å². The number of aromatic nitrogens is 2. The lowest BCUT2D eigenvalue weighted by Gasteiger charge is -2.03. The molecule has 4 nitrogen and oxygen atoms in total. The number of anilines is 1. The fraction of sp³-hybridized carbons (Fsp3) is 0.0455. The minimum absolute atomic E-state index is 0.193. The molecule has 0 aliphatic rings. The number of rotatable bonds is 4. The molecular formula is C22H17N3OS. The van der Waals surface area contributed by atoms with Crippen molar-refractivity contribution in [3.8, 4) is 21.7 Å². The Hall–Kier alpha value is -3.31. The monoisotopic (exact) mass is 371 g/mol. The number of hydrogen-bond donors (Lipinski definition) is 1. The van der Waals surface area contributed by atoms with E-state index in [0.717, 1.165) is 21.7 Å². The van der Waals surface area contributed by atoms with E-state index in [4.69, 9.17) is 4.98 Å². The van der Waals surface area contributed by atoms with E-state index in [0.29, 0.717) is 10.7 Å². The summed E-state index contributed by atoms with van der Waals surface area (Å²) in [6.07, 6.45) is 3.20. The van der Waals surface area contributed by atoms with Crippen molar-refractivity contribution in [1.29, 1.82) is 0 Å². The van der Waals surface area contributed by atoms with Gasteiger partial charge in [0.2, 0.25) is 0 Å². The van der Waals surface area contributed by atoms with E-state index in [-0.39, 0.29) is 5.91 Å². The van der Waals surface area contributed by atoms with Crippen LogP contribution in [0, 0.1) is 6.92 Å². The molecule has 0 bridgehead atoms. The van der Waals surface area contributed by atoms with Crippen LogP contribution in [0.2, 0.25) is 0 Å². The molecule has 0 unspecified atom stereocenters. The van der Waals surface area contributed by atoms with Crippen LogP contribution in [0.15, 0.2) is 79.1 Å². The van der Waals surface area contributed by atoms with Crippen molar-refractivity contribution in [2.24, 2.45) is 0 Å². The van der Waals surface area contributed by atoms with Crippen molar-refractivity contribution in [2.45, 2.75) is 6.92 Å². The predicted molar refractivity (Wildman–Crippen MR) is 110 cm³/mol. The van der Waals surface area contributed by atoms with Gasteiger partial charge in [-0.2, -0.15) is 0 Å². The molecule has 0 radical (unpaired) electrons. The van der Waals surface area contributed by atoms with Crippen molar-refractivity contribution in [1.82, 2.24) is 9.97 Å². The number of aryl methyl sites for hydroxylation is 1. The van der Waals surface area contributed by atoms with Gasteiger partial charge in [0.25, 0.3) is 5.91 Å². The van der Waals surface area contributed by atoms with Crippen molar-refractivity contribution in [2.75, 3.05) is 5.32 Å². The van der Waals surface area contributed by atoms with Gasteiger partial charge < -0.3 is 0 Å². The van der Waals surface area contributed by atoms with E-state index in [1.54, 1.807) is 24.5 Å². The average molecular weight is 371 g/mol. The zero-order valence-electron chi connectivity index (χ0n) is 14.7. The quantitative estimate of drug-likeness (QED) is 0.520. The fourth-order valence-electron chi connectivity index (χ4n) is 2.74. The maximum Gasteiger partial charge on any atom is 0.257 e. The minimum atomic E-state index is -0.193. The first-order valence-corrected chi connectivity index (χ1v) is 9.37. The highest BCUT2D eigenvalue weighted by Crippen LogP contribution is 2.39. The molecule has 0 spiro atoms. The summed E-state index contributed by atoms with van der Waals surface area (Å²) in [7, 11) is 0. The van der Waals surface area contributed by atoms with Crippen molar-refractivity contribution in [3.63, 3.8) is 0 Å². The third-order valence-electron chi connectivity index (χ3n) is 4.15. The average Bonchev–Trinajstić information content (AvgIpc) is 3.13. The molecule has 0 aliphatic heterocycles. The van der Waals surface area contributed by atoms with Gasteiger partial charge in [0.15, 0.2) is 5.13 Å². The van der Waals surface area contributed by atoms with E-state index < -0.39 is 0 Å². The van der Waals surface area contributed by atoms with Crippen LogP contribution in [-0.2, 0) is 0 Å². The Balaban J connectivity index is 1.74. The summed E-state index contributed by atoms with van der Waals surface area (Å²) in [5.74, 6) is -0.193. The maximum absolute atomic E-state index is 12.5. The Morgan fingerprint density at radius 1 is 0.889 bits per heavy atom. The SMILES string of the molecule is Cc1ccc(-c2sc(NC(=O)c3ccncc3)nc2-c2ccccc2)cc1. The van der Waals surface area contributed by atoms with Gasteiger partial charge in [0, 0.05) is 23.5 Å². The zero-order valence-corrected chi connectivity index (χ0v) is 15.5. The summed E-state index contributed by atoms with van der Waals surface area (Å²) in [5.41, 5.74) is 4.73. The van der Waals surface area contributed by atoms with Crippen LogP contribution >= 0.6 is 11.3 Å². The van der Waals surface area contributed by atoms with Crippen LogP contribution in [0.5, 0.6) is 0 Å². The Morgan fingerprint density at radius 2 is 1.59 bits per heavy atom. The zero-order chi connectivity index (χ0) is 18.6. The number of thiazole rings is 1. The Kier molecular flexibility index (Phi) is 4.77. The number of carbonyl (C=O) groups is 1. The van der Waals surface area contributed by atoms with Crippen LogP contribution in [0.4, 0.5) is 5.13 Å². The summed E-state index contributed by atoms with van der Waals surface area (Å²) in [4.78, 5) is 22.2. The highest BCUT2D eigenvalue weighted by atomic mass is 32.1. The molecule has 27 heavy (non-hydrogen) atoms. The van der Waals surface area contributed by atoms with Crippen LogP contribution in [0.25, 0.3) is 21.7 Å². The molecule has 4 aromatic rings. The number of pyridine rings is 1. The van der Waals surface area contributed by atoms with Crippen molar-refractivity contribution < 1.29 is 4.79 Å². The highest BCUT2D eigenvalue weighted by molar-refractivity contribution is 7.19. The molecule has 2 heterocycles. The largest absolute Gasteiger partial charge is 0.298 e. The smallest absolute Gasteiger partial charge is 0.257 e. The number of benzene rings is 2. The van der Waals surface area contributed by atoms with Gasteiger partial charge in [-0.25, -0.2) is 4.98 Å². The van der Waals surface area contributed by atoms with Gasteiger partial charge in [0.1, 0.15) is 0 Å². The van der Waals surface area contributed by atoms with Crippen LogP contribution in [0.3, 0.4) is 0 Å². The molecule has 0 saturated carbocycles. The van der Waals surface area contributed by atoms with Gasteiger partial charge in [-0.3, -0.25) is 15.1 Å². The standard InChI is InChI=1S/C22H17N3OS/c1-15-7-9-17(10-8-15)20-19(16-5-3-2-4-6-16)24-22(27-20)25-21(26)18-11-13-23-14-12-18/h2-14H,1H3,(H,24,25,26). The Bertz CT molecular complexity index is 1060. The van der Waals surface area contributed by atoms with Crippen molar-refractivity contribution >= 4 is 22.4 Å². The fourth-order valence-corrected chi connectivity index (χ4v) is 3.73. The van der Waals surface area contributed by atoms with Crippen LogP contribution in [-0.4, -0.2) is 15.9 Å². The van der Waals surface area contributed by atoms with Gasteiger partial charge in [-0.15, -0.1) is 0 Å². The first kappa shape index (κ1) is 17.1. The molecule has 0 saturated heterocycles. The van der Waals surface area contributed by atoms with E-state index >= 15 is 0 Å². The van der Waals surface area contributed by atoms with Crippen LogP contribution < -0.4 is 5.32 Å². The second-order valence-electron chi connectivity index (χ2n) is 6.12. The Labute approximate surface area is 161 Å². The van der Waals surface area contributed by atoms with E-state index in [2.05, 4.69) is 41.5 Å². The number of hydrogen-bond acceptors (Lipinski definition) is 4. The normalized spacial score (nSPS) is 10.6. The molecule has 1 N–H and O–H groups in total. The Morgan fingerprint density at radius 3 is 2.30 bits per heavy atom. The second kappa shape index (κ2) is 7.51. The van der Waals surface area contributed by atoms with Gasteiger partial charge in [-0.1, -0.05) is 71.5 Å². The molecule has 0 aliphatic carbocycles. The van der Waals surface area contributed by atoms with Gasteiger partial charge in [0.05, 0.1) is 10.6 Å². The molecule has 2 aromatic carbocycles. The first-order chi connectivity index (χ1) is 13.2. The van der Waals surface area contributed by atoms with E-state index in [9.17, 15) is 4.79 Å². The van der Waals surface area contributed by atoms with Crippen LogP contribution in [0.1, 0.15) is 15.9 Å². The number of nitrogens with one attached hydrogen (secondary N) is 1. The lowest BCUT2D eigenvalue weighted by molar-refractivity contribution is 0.102. The molecule has 1 amide bonds. The molecule has 2 aromatic heterocycles. The molecule has 0 atom stereocenters. The summed E-state index contributed by atoms with van der Waals surface area (Å²) in [6.45, 7) is 2.06. The first-order valence-electron chi connectivity index (χ1n) is 8.55. The van der Waals surface area contributed by atoms with Gasteiger partial charge in [-0.05, 0) is 24.6 Å². The maximum atomic E-state index is 12.5. The summed E-state index contributed by atoms with van der Waals surface area (Å²) >= 11 is 1.48. The molecule has 5 heteroatoms. The van der Waals surface area contributed by atoms with E-state index in [1.807, 2.05) is 30.3 Å². The number of nitrogens with zero attached hydrogens (tertiary/aromatic N) is 2. The number of carbonyl (C=O) groups excluding carboxylic acids is 1. The van der Waals surface area contributed by atoms with Crippen molar-refractivity contribution in [3.05, 3.63) is 90.3 Å². The molecule has 4 rings (SSSR count). The summed E-state index contributed by atoms with van der Waals surface area (Å²) < 4.78 is 0. The summed E-state index contributed by atoms with van der Waals surface area (Å²) in [5, 5.41) is 3.49. The minimum Gasteiger partial charge on any atom is -0.298 e. The second-order valence-corrected chi connectivity index (χ2v) is 7.12. The third-order valence-corrected chi connectivity index (χ3v) is 5.17. The number of amides is 1. The predicted octanol–water partition coefficient (Wildman–Crippen LogP) is 5.43. The van der Waals surface area contributed by atoms with Gasteiger partial charge >= 0.3 is 0 Å². The highest BCUT2D eigenvalue weighted by Gasteiger charge is 2.17. The molecule has 132 valence electrons.